The molecule has 0 bridgehead atoms. The molecule has 1 N–H and O–H groups in total. The lowest BCUT2D eigenvalue weighted by molar-refractivity contribution is 0.305. The molecule has 0 aliphatic rings. The van der Waals surface area contributed by atoms with Crippen molar-refractivity contribution in [2.75, 3.05) is 6.61 Å². The number of benzene rings is 1. The van der Waals surface area contributed by atoms with E-state index in [9.17, 15) is 0 Å². The standard InChI is InChI=1S/C14H14N2O2/c1-16-10-12(9-15-16)11-18-14-7-3-2-5-13(14)6-4-8-17/h2-3,5,7,9-10,17H,8,11H2,1H3. The molecule has 1 aromatic carbocycles. The first-order valence-corrected chi connectivity index (χ1v) is 5.58. The van der Waals surface area contributed by atoms with Crippen LogP contribution in [0, 0.1) is 11.8 Å². The van der Waals surface area contributed by atoms with E-state index < -0.39 is 0 Å². The average molecular weight is 242 g/mol. The van der Waals surface area contributed by atoms with Crippen LogP contribution < -0.4 is 4.74 Å². The van der Waals surface area contributed by atoms with Crippen molar-refractivity contribution in [1.82, 2.24) is 9.78 Å². The second-order valence-corrected chi connectivity index (χ2v) is 3.77. The van der Waals surface area contributed by atoms with E-state index in [0.29, 0.717) is 12.4 Å². The molecule has 0 fully saturated rings. The molecule has 0 aliphatic carbocycles. The number of ether oxygens (including phenoxy) is 1. The van der Waals surface area contributed by atoms with Crippen LogP contribution in [0.3, 0.4) is 0 Å². The van der Waals surface area contributed by atoms with E-state index in [-0.39, 0.29) is 6.61 Å². The molecule has 4 nitrogen and oxygen atoms in total. The van der Waals surface area contributed by atoms with Gasteiger partial charge in [-0.1, -0.05) is 24.0 Å². The van der Waals surface area contributed by atoms with Crippen LogP contribution in [0.1, 0.15) is 11.1 Å². The second-order valence-electron chi connectivity index (χ2n) is 3.77. The summed E-state index contributed by atoms with van der Waals surface area (Å²) >= 11 is 0. The van der Waals surface area contributed by atoms with Crippen molar-refractivity contribution in [3.05, 3.63) is 47.8 Å². The molecule has 4 heteroatoms. The van der Waals surface area contributed by atoms with E-state index in [2.05, 4.69) is 16.9 Å². The van der Waals surface area contributed by atoms with Gasteiger partial charge in [0.05, 0.1) is 11.8 Å². The number of hydrogen-bond donors (Lipinski definition) is 1. The van der Waals surface area contributed by atoms with E-state index >= 15 is 0 Å². The number of nitrogens with zero attached hydrogens (tertiary/aromatic N) is 2. The van der Waals surface area contributed by atoms with Gasteiger partial charge in [-0.15, -0.1) is 0 Å². The zero-order valence-corrected chi connectivity index (χ0v) is 10.1. The Hall–Kier alpha value is -2.25. The van der Waals surface area contributed by atoms with Crippen LogP contribution in [0.25, 0.3) is 0 Å². The molecule has 0 unspecified atom stereocenters. The maximum Gasteiger partial charge on any atom is 0.135 e. The SMILES string of the molecule is Cn1cc(COc2ccccc2C#CCO)cn1. The Kier molecular flexibility index (Phi) is 4.00. The van der Waals surface area contributed by atoms with Crippen molar-refractivity contribution in [3.8, 4) is 17.6 Å². The molecule has 18 heavy (non-hydrogen) atoms. The first-order valence-electron chi connectivity index (χ1n) is 5.58. The van der Waals surface area contributed by atoms with Gasteiger partial charge in [0.25, 0.3) is 0 Å². The second kappa shape index (κ2) is 5.89. The molecule has 92 valence electrons. The van der Waals surface area contributed by atoms with Crippen LogP contribution in [0.4, 0.5) is 0 Å². The Labute approximate surface area is 106 Å². The third-order valence-corrected chi connectivity index (χ3v) is 2.34. The number of para-hydroxylation sites is 1. The van der Waals surface area contributed by atoms with Gasteiger partial charge in [0.2, 0.25) is 0 Å². The highest BCUT2D eigenvalue weighted by atomic mass is 16.5. The quantitative estimate of drug-likeness (QED) is 0.826. The number of aliphatic hydroxyl groups is 1. The Morgan fingerprint density at radius 2 is 2.22 bits per heavy atom. The van der Waals surface area contributed by atoms with E-state index in [1.807, 2.05) is 37.5 Å². The van der Waals surface area contributed by atoms with Crippen LogP contribution in [0.15, 0.2) is 36.7 Å². The molecule has 2 aromatic rings. The number of hydrogen-bond acceptors (Lipinski definition) is 3. The summed E-state index contributed by atoms with van der Waals surface area (Å²) < 4.78 is 7.43. The summed E-state index contributed by atoms with van der Waals surface area (Å²) in [6, 6.07) is 7.50. The van der Waals surface area contributed by atoms with Crippen molar-refractivity contribution >= 4 is 0 Å². The third kappa shape index (κ3) is 3.12. The van der Waals surface area contributed by atoms with Gasteiger partial charge in [0, 0.05) is 18.8 Å². The van der Waals surface area contributed by atoms with Gasteiger partial charge < -0.3 is 9.84 Å². The maximum absolute atomic E-state index is 8.70. The summed E-state index contributed by atoms with van der Waals surface area (Å²) in [5.41, 5.74) is 1.78. The lowest BCUT2D eigenvalue weighted by Gasteiger charge is -2.06. The average Bonchev–Trinajstić information content (AvgIpc) is 2.81. The number of aryl methyl sites for hydroxylation is 1. The van der Waals surface area contributed by atoms with Crippen molar-refractivity contribution in [2.24, 2.45) is 7.05 Å². The zero-order valence-electron chi connectivity index (χ0n) is 10.1. The maximum atomic E-state index is 8.70. The fraction of sp³-hybridized carbons (Fsp3) is 0.214. The summed E-state index contributed by atoms with van der Waals surface area (Å²) in [7, 11) is 1.87. The van der Waals surface area contributed by atoms with Crippen LogP contribution >= 0.6 is 0 Å². The van der Waals surface area contributed by atoms with Crippen LogP contribution in [-0.4, -0.2) is 21.5 Å². The van der Waals surface area contributed by atoms with Gasteiger partial charge in [-0.05, 0) is 12.1 Å². The number of rotatable bonds is 3. The Bertz CT molecular complexity index is 579. The molecule has 0 atom stereocenters. The molecular formula is C14H14N2O2. The fourth-order valence-electron chi connectivity index (χ4n) is 1.54. The fourth-order valence-corrected chi connectivity index (χ4v) is 1.54. The molecule has 0 saturated carbocycles. The van der Waals surface area contributed by atoms with Gasteiger partial charge in [-0.25, -0.2) is 0 Å². The molecule has 0 spiro atoms. The van der Waals surface area contributed by atoms with Crippen molar-refractivity contribution in [2.45, 2.75) is 6.61 Å². The highest BCUT2D eigenvalue weighted by Gasteiger charge is 2.02. The highest BCUT2D eigenvalue weighted by Crippen LogP contribution is 2.18. The summed E-state index contributed by atoms with van der Waals surface area (Å²) in [6.45, 7) is 0.294. The lowest BCUT2D eigenvalue weighted by atomic mass is 10.2. The molecule has 1 heterocycles. The topological polar surface area (TPSA) is 47.3 Å². The lowest BCUT2D eigenvalue weighted by Crippen LogP contribution is -1.96. The Balaban J connectivity index is 2.09. The highest BCUT2D eigenvalue weighted by molar-refractivity contribution is 5.45. The Morgan fingerprint density at radius 1 is 1.39 bits per heavy atom. The monoisotopic (exact) mass is 242 g/mol. The predicted octanol–water partition coefficient (Wildman–Crippen LogP) is 1.34. The largest absolute Gasteiger partial charge is 0.487 e. The van der Waals surface area contributed by atoms with Crippen LogP contribution in [0.5, 0.6) is 5.75 Å². The van der Waals surface area contributed by atoms with E-state index in [0.717, 1.165) is 11.1 Å². The molecule has 0 aliphatic heterocycles. The van der Waals surface area contributed by atoms with Crippen molar-refractivity contribution in [1.29, 1.82) is 0 Å². The normalized spacial score (nSPS) is 9.67. The predicted molar refractivity (Wildman–Crippen MR) is 67.9 cm³/mol. The molecule has 0 radical (unpaired) electrons. The molecular weight excluding hydrogens is 228 g/mol. The molecule has 2 rings (SSSR count). The van der Waals surface area contributed by atoms with E-state index in [4.69, 9.17) is 9.84 Å². The number of aromatic nitrogens is 2. The first-order chi connectivity index (χ1) is 8.79. The summed E-state index contributed by atoms with van der Waals surface area (Å²) in [5.74, 6) is 6.19. The third-order valence-electron chi connectivity index (χ3n) is 2.34. The summed E-state index contributed by atoms with van der Waals surface area (Å²) in [6.07, 6.45) is 3.67. The van der Waals surface area contributed by atoms with Gasteiger partial charge in [-0.3, -0.25) is 4.68 Å². The van der Waals surface area contributed by atoms with Crippen molar-refractivity contribution in [3.63, 3.8) is 0 Å². The zero-order chi connectivity index (χ0) is 12.8. The number of aliphatic hydroxyl groups excluding tert-OH is 1. The minimum Gasteiger partial charge on any atom is -0.487 e. The smallest absolute Gasteiger partial charge is 0.135 e. The minimum atomic E-state index is -0.156. The van der Waals surface area contributed by atoms with Gasteiger partial charge in [0.15, 0.2) is 0 Å². The molecule has 0 saturated heterocycles. The van der Waals surface area contributed by atoms with Crippen LogP contribution in [0.2, 0.25) is 0 Å². The molecule has 1 aromatic heterocycles. The van der Waals surface area contributed by atoms with Crippen LogP contribution in [-0.2, 0) is 13.7 Å². The summed E-state index contributed by atoms with van der Waals surface area (Å²) in [4.78, 5) is 0. The summed E-state index contributed by atoms with van der Waals surface area (Å²) in [5, 5.41) is 12.8. The van der Waals surface area contributed by atoms with Gasteiger partial charge >= 0.3 is 0 Å². The molecule has 0 amide bonds. The van der Waals surface area contributed by atoms with E-state index in [1.54, 1.807) is 10.9 Å². The van der Waals surface area contributed by atoms with E-state index in [1.165, 1.54) is 0 Å². The first kappa shape index (κ1) is 12.2. The minimum absolute atomic E-state index is 0.156. The Morgan fingerprint density at radius 3 is 2.94 bits per heavy atom. The van der Waals surface area contributed by atoms with Crippen molar-refractivity contribution < 1.29 is 9.84 Å². The van der Waals surface area contributed by atoms with Gasteiger partial charge in [0.1, 0.15) is 19.0 Å². The van der Waals surface area contributed by atoms with Gasteiger partial charge in [-0.2, -0.15) is 5.10 Å².